The summed E-state index contributed by atoms with van der Waals surface area (Å²) in [4.78, 5) is 16.0. The van der Waals surface area contributed by atoms with Crippen molar-refractivity contribution in [2.75, 3.05) is 13.2 Å². The third kappa shape index (κ3) is 10.1. The summed E-state index contributed by atoms with van der Waals surface area (Å²) in [7, 11) is 0. The molecule has 37 heavy (non-hydrogen) atoms. The second-order valence-corrected chi connectivity index (χ2v) is 8.12. The van der Waals surface area contributed by atoms with Crippen LogP contribution in [-0.4, -0.2) is 55.4 Å². The minimum atomic E-state index is -4.91. The summed E-state index contributed by atoms with van der Waals surface area (Å²) in [5.41, 5.74) is -2.13. The highest BCUT2D eigenvalue weighted by atomic mass is 19.4. The molecule has 1 aliphatic rings. The van der Waals surface area contributed by atoms with Gasteiger partial charge in [-0.2, -0.15) is 31.3 Å². The molecule has 6 nitrogen and oxygen atoms in total. The predicted molar refractivity (Wildman–Crippen MR) is 107 cm³/mol. The van der Waals surface area contributed by atoms with Crippen LogP contribution >= 0.6 is 0 Å². The van der Waals surface area contributed by atoms with Gasteiger partial charge in [0, 0.05) is 12.0 Å². The maximum atomic E-state index is 15.1. The molecular weight excluding hydrogens is 534 g/mol. The van der Waals surface area contributed by atoms with E-state index in [0.717, 1.165) is 19.1 Å². The van der Waals surface area contributed by atoms with Crippen molar-refractivity contribution in [3.63, 3.8) is 0 Å². The van der Waals surface area contributed by atoms with Crippen LogP contribution in [0.5, 0.6) is 5.75 Å². The van der Waals surface area contributed by atoms with E-state index in [-0.39, 0.29) is 6.42 Å². The lowest BCUT2D eigenvalue weighted by molar-refractivity contribution is -0.274. The monoisotopic (exact) mass is 554 g/mol. The number of carbonyl (C=O) groups excluding carboxylic acids is 1. The van der Waals surface area contributed by atoms with Crippen molar-refractivity contribution in [2.45, 2.75) is 50.8 Å². The second kappa shape index (κ2) is 11.1. The zero-order valence-electron chi connectivity index (χ0n) is 19.0. The number of nitrogens with one attached hydrogen (secondary N) is 1. The van der Waals surface area contributed by atoms with Crippen LogP contribution in [0.25, 0.3) is 0 Å². The quantitative estimate of drug-likeness (QED) is 0.438. The Kier molecular flexibility index (Phi) is 9.09. The first kappa shape index (κ1) is 30.2. The van der Waals surface area contributed by atoms with Crippen LogP contribution in [-0.2, 0) is 20.7 Å². The predicted octanol–water partition coefficient (Wildman–Crippen LogP) is 5.39. The van der Waals surface area contributed by atoms with Gasteiger partial charge in [0.15, 0.2) is 18.6 Å². The molecule has 1 aliphatic heterocycles. The lowest BCUT2D eigenvalue weighted by Crippen LogP contribution is -2.53. The van der Waals surface area contributed by atoms with E-state index in [2.05, 4.69) is 19.2 Å². The van der Waals surface area contributed by atoms with Gasteiger partial charge in [-0.3, -0.25) is 4.79 Å². The number of hydrogen-bond acceptors (Lipinski definition) is 5. The van der Waals surface area contributed by atoms with E-state index in [0.29, 0.717) is 11.6 Å². The zero-order valence-corrected chi connectivity index (χ0v) is 19.0. The lowest BCUT2D eigenvalue weighted by Gasteiger charge is -2.34. The summed E-state index contributed by atoms with van der Waals surface area (Å²) in [6.45, 7) is -1.73. The van der Waals surface area contributed by atoms with Crippen molar-refractivity contribution in [3.8, 4) is 5.75 Å². The Morgan fingerprint density at radius 3 is 2.11 bits per heavy atom. The number of carbonyl (C=O) groups is 1. The highest BCUT2D eigenvalue weighted by molar-refractivity contribution is 6.02. The Bertz CT molecular complexity index is 1000. The molecule has 1 heterocycles. The van der Waals surface area contributed by atoms with Gasteiger partial charge in [-0.05, 0) is 31.0 Å². The fourth-order valence-corrected chi connectivity index (χ4v) is 2.99. The minimum Gasteiger partial charge on any atom is -0.468 e. The molecule has 16 heteroatoms. The Labute approximate surface area is 203 Å². The van der Waals surface area contributed by atoms with Gasteiger partial charge in [0.05, 0.1) is 0 Å². The van der Waals surface area contributed by atoms with Gasteiger partial charge in [0.25, 0.3) is 0 Å². The maximum Gasteiger partial charge on any atom is 0.573 e. The number of benzene rings is 1. The number of hydrogen-bond donors (Lipinski definition) is 1. The van der Waals surface area contributed by atoms with Crippen LogP contribution in [0.1, 0.15) is 19.4 Å². The van der Waals surface area contributed by atoms with E-state index in [1.807, 2.05) is 5.32 Å². The Balaban J connectivity index is 2.16. The normalized spacial score (nSPS) is 21.6. The maximum absolute atomic E-state index is 15.1. The average Bonchev–Trinajstić information content (AvgIpc) is 2.73. The number of alkyl halides is 10. The summed E-state index contributed by atoms with van der Waals surface area (Å²) in [6.07, 6.45) is -16.8. The Morgan fingerprint density at radius 2 is 1.59 bits per heavy atom. The standard InChI is InChI=1S/C21H20F10N2O4/c1-11(7-12-3-5-13(6-4-12)37-21(29,30)31)17(34)33-16-15(22)18(2,36-10-20(26,27)28)8-14(32-16)35-9-19(23,24)25/h3-6,8,11,15H,7,9-10H2,1-2H3,(H,32,33,34). The van der Waals surface area contributed by atoms with Gasteiger partial charge in [0.2, 0.25) is 11.8 Å². The van der Waals surface area contributed by atoms with Crippen molar-refractivity contribution < 1.29 is 62.9 Å². The molecular formula is C21H20F10N2O4. The van der Waals surface area contributed by atoms with E-state index in [4.69, 9.17) is 0 Å². The molecule has 0 saturated carbocycles. The number of rotatable bonds is 8. The fraction of sp³-hybridized carbons (Fsp3) is 0.524. The zero-order chi connectivity index (χ0) is 28.2. The van der Waals surface area contributed by atoms with Gasteiger partial charge < -0.3 is 19.5 Å². The number of amides is 1. The smallest absolute Gasteiger partial charge is 0.468 e. The van der Waals surface area contributed by atoms with Gasteiger partial charge in [-0.25, -0.2) is 4.39 Å². The summed E-state index contributed by atoms with van der Waals surface area (Å²) >= 11 is 0. The summed E-state index contributed by atoms with van der Waals surface area (Å²) in [5, 5.41) is 2.01. The van der Waals surface area contributed by atoms with Crippen LogP contribution < -0.4 is 10.1 Å². The van der Waals surface area contributed by atoms with E-state index in [1.54, 1.807) is 0 Å². The Hall–Kier alpha value is -3.04. The lowest BCUT2D eigenvalue weighted by atomic mass is 9.95. The average molecular weight is 554 g/mol. The molecule has 0 saturated heterocycles. The highest BCUT2D eigenvalue weighted by Crippen LogP contribution is 2.32. The molecule has 3 unspecified atom stereocenters. The van der Waals surface area contributed by atoms with Crippen molar-refractivity contribution >= 4 is 11.7 Å². The molecule has 1 N–H and O–H groups in total. The number of aliphatic imine (C=N–C) groups is 1. The van der Waals surface area contributed by atoms with E-state index < -0.39 is 73.0 Å². The number of ether oxygens (including phenoxy) is 3. The molecule has 1 amide bonds. The van der Waals surface area contributed by atoms with Crippen LogP contribution in [0.15, 0.2) is 41.2 Å². The first-order valence-corrected chi connectivity index (χ1v) is 10.3. The van der Waals surface area contributed by atoms with Crippen molar-refractivity contribution in [1.82, 2.24) is 5.32 Å². The third-order valence-corrected chi connectivity index (χ3v) is 4.71. The molecule has 0 aliphatic carbocycles. The van der Waals surface area contributed by atoms with Crippen molar-refractivity contribution in [1.29, 1.82) is 0 Å². The van der Waals surface area contributed by atoms with Crippen LogP contribution in [0, 0.1) is 5.92 Å². The second-order valence-electron chi connectivity index (χ2n) is 8.12. The molecule has 3 atom stereocenters. The van der Waals surface area contributed by atoms with E-state index in [9.17, 15) is 44.3 Å². The third-order valence-electron chi connectivity index (χ3n) is 4.71. The van der Waals surface area contributed by atoms with Gasteiger partial charge in [-0.1, -0.05) is 19.1 Å². The first-order valence-electron chi connectivity index (χ1n) is 10.3. The molecule has 0 fully saturated rings. The van der Waals surface area contributed by atoms with Crippen LogP contribution in [0.4, 0.5) is 43.9 Å². The van der Waals surface area contributed by atoms with E-state index >= 15 is 4.39 Å². The Morgan fingerprint density at radius 1 is 1.03 bits per heavy atom. The number of halogens is 10. The SMILES string of the molecule is CC(Cc1ccc(OC(F)(F)F)cc1)C(=O)NC1=NC(OCC(F)(F)F)=CC(C)(OCC(F)(F)F)C1F. The summed E-state index contributed by atoms with van der Waals surface area (Å²) < 4.78 is 140. The fourth-order valence-electron chi connectivity index (χ4n) is 2.99. The van der Waals surface area contributed by atoms with Crippen LogP contribution in [0.2, 0.25) is 0 Å². The molecule has 208 valence electrons. The molecule has 0 radical (unpaired) electrons. The van der Waals surface area contributed by atoms with Gasteiger partial charge in [0.1, 0.15) is 18.0 Å². The van der Waals surface area contributed by atoms with E-state index in [1.165, 1.54) is 19.1 Å². The van der Waals surface area contributed by atoms with Crippen molar-refractivity contribution in [2.24, 2.45) is 10.9 Å². The van der Waals surface area contributed by atoms with Crippen LogP contribution in [0.3, 0.4) is 0 Å². The summed E-state index contributed by atoms with van der Waals surface area (Å²) in [5.74, 6) is -4.32. The molecule has 2 rings (SSSR count). The summed E-state index contributed by atoms with van der Waals surface area (Å²) in [6, 6.07) is 4.45. The molecule has 0 bridgehead atoms. The largest absolute Gasteiger partial charge is 0.573 e. The minimum absolute atomic E-state index is 0.0858. The van der Waals surface area contributed by atoms with Crippen molar-refractivity contribution in [3.05, 3.63) is 41.8 Å². The van der Waals surface area contributed by atoms with Gasteiger partial charge in [-0.15, -0.1) is 13.2 Å². The first-order chi connectivity index (χ1) is 16.8. The number of amidine groups is 1. The topological polar surface area (TPSA) is 69.2 Å². The highest BCUT2D eigenvalue weighted by Gasteiger charge is 2.45. The molecule has 0 spiro atoms. The molecule has 1 aromatic rings. The van der Waals surface area contributed by atoms with Gasteiger partial charge >= 0.3 is 18.7 Å². The number of nitrogens with zero attached hydrogens (tertiary/aromatic N) is 1. The molecule has 0 aromatic heterocycles. The molecule has 1 aromatic carbocycles.